The second-order valence-corrected chi connectivity index (χ2v) is 4.76. The number of amides is 1. The Morgan fingerprint density at radius 1 is 1.23 bits per heavy atom. The van der Waals surface area contributed by atoms with E-state index in [0.717, 1.165) is 0 Å². The first-order valence-electron chi connectivity index (χ1n) is 6.79. The maximum Gasteiger partial charge on any atom is 0.270 e. The third-order valence-corrected chi connectivity index (χ3v) is 3.24. The largest absolute Gasteiger partial charge is 0.335 e. The van der Waals surface area contributed by atoms with Crippen molar-refractivity contribution in [2.24, 2.45) is 0 Å². The van der Waals surface area contributed by atoms with E-state index in [1.165, 1.54) is 41.3 Å². The van der Waals surface area contributed by atoms with Gasteiger partial charge in [-0.1, -0.05) is 18.2 Å². The molecule has 0 saturated heterocycles. The van der Waals surface area contributed by atoms with Crippen LogP contribution < -0.4 is 0 Å². The van der Waals surface area contributed by atoms with Crippen LogP contribution in [0.2, 0.25) is 0 Å². The molecule has 0 aromatic heterocycles. The first kappa shape index (κ1) is 15.6. The van der Waals surface area contributed by atoms with Gasteiger partial charge in [-0.25, -0.2) is 4.39 Å². The van der Waals surface area contributed by atoms with Gasteiger partial charge in [0.25, 0.3) is 11.6 Å². The Labute approximate surface area is 127 Å². The fraction of sp³-hybridized carbons (Fsp3) is 0.188. The first-order chi connectivity index (χ1) is 10.5. The quantitative estimate of drug-likeness (QED) is 0.628. The van der Waals surface area contributed by atoms with Gasteiger partial charge in [-0.2, -0.15) is 0 Å². The minimum Gasteiger partial charge on any atom is -0.335 e. The van der Waals surface area contributed by atoms with Crippen molar-refractivity contribution in [1.82, 2.24) is 4.90 Å². The highest BCUT2D eigenvalue weighted by molar-refractivity contribution is 5.94. The molecule has 0 fully saturated rings. The molecule has 6 heteroatoms. The number of halogens is 1. The van der Waals surface area contributed by atoms with E-state index in [1.807, 2.05) is 0 Å². The van der Waals surface area contributed by atoms with Crippen LogP contribution in [-0.2, 0) is 6.54 Å². The third-order valence-electron chi connectivity index (χ3n) is 3.24. The number of nitrogens with zero attached hydrogens (tertiary/aromatic N) is 2. The van der Waals surface area contributed by atoms with Gasteiger partial charge in [0.1, 0.15) is 5.82 Å². The van der Waals surface area contributed by atoms with Crippen molar-refractivity contribution in [3.8, 4) is 0 Å². The van der Waals surface area contributed by atoms with E-state index in [2.05, 4.69) is 0 Å². The van der Waals surface area contributed by atoms with Crippen LogP contribution in [0.4, 0.5) is 10.1 Å². The number of nitro groups is 1. The van der Waals surface area contributed by atoms with Crippen LogP contribution in [0.25, 0.3) is 0 Å². The van der Waals surface area contributed by atoms with E-state index in [4.69, 9.17) is 0 Å². The van der Waals surface area contributed by atoms with Crippen LogP contribution in [-0.4, -0.2) is 22.3 Å². The van der Waals surface area contributed by atoms with Crippen LogP contribution in [0.15, 0.2) is 48.5 Å². The molecular formula is C16H15FN2O3. The summed E-state index contributed by atoms with van der Waals surface area (Å²) in [7, 11) is 0. The zero-order valence-electron chi connectivity index (χ0n) is 12.0. The van der Waals surface area contributed by atoms with Crippen LogP contribution in [0.5, 0.6) is 0 Å². The molecule has 0 heterocycles. The summed E-state index contributed by atoms with van der Waals surface area (Å²) in [5.41, 5.74) is 0.778. The van der Waals surface area contributed by atoms with Gasteiger partial charge in [0.05, 0.1) is 4.92 Å². The average molecular weight is 302 g/mol. The fourth-order valence-electron chi connectivity index (χ4n) is 2.12. The highest BCUT2D eigenvalue weighted by Gasteiger charge is 2.17. The van der Waals surface area contributed by atoms with Crippen molar-refractivity contribution in [2.45, 2.75) is 13.5 Å². The van der Waals surface area contributed by atoms with Gasteiger partial charge in [-0.3, -0.25) is 14.9 Å². The number of non-ortho nitro benzene ring substituents is 1. The molecule has 0 aliphatic rings. The van der Waals surface area contributed by atoms with Crippen molar-refractivity contribution >= 4 is 11.6 Å². The van der Waals surface area contributed by atoms with E-state index in [0.29, 0.717) is 12.1 Å². The molecule has 114 valence electrons. The minimum absolute atomic E-state index is 0.132. The fourth-order valence-corrected chi connectivity index (χ4v) is 2.12. The minimum atomic E-state index is -0.542. The highest BCUT2D eigenvalue weighted by atomic mass is 19.1. The first-order valence-corrected chi connectivity index (χ1v) is 6.79. The van der Waals surface area contributed by atoms with Gasteiger partial charge in [0.15, 0.2) is 0 Å². The maximum atomic E-state index is 13.2. The topological polar surface area (TPSA) is 63.5 Å². The highest BCUT2D eigenvalue weighted by Crippen LogP contribution is 2.16. The third kappa shape index (κ3) is 3.66. The van der Waals surface area contributed by atoms with Crippen molar-refractivity contribution in [3.05, 3.63) is 75.6 Å². The Hall–Kier alpha value is -2.76. The summed E-state index contributed by atoms with van der Waals surface area (Å²) in [5, 5.41) is 10.8. The van der Waals surface area contributed by atoms with Crippen molar-refractivity contribution in [1.29, 1.82) is 0 Å². The van der Waals surface area contributed by atoms with Gasteiger partial charge in [-0.15, -0.1) is 0 Å². The standard InChI is InChI=1S/C16H15FN2O3/c1-2-18(11-12-5-3-7-14(17)9-12)16(20)13-6-4-8-15(10-13)19(21)22/h3-10H,2,11H2,1H3. The summed E-state index contributed by atoms with van der Waals surface area (Å²) in [6.45, 7) is 2.46. The van der Waals surface area contributed by atoms with Gasteiger partial charge in [0.2, 0.25) is 0 Å². The number of benzene rings is 2. The molecule has 0 radical (unpaired) electrons. The van der Waals surface area contributed by atoms with Crippen LogP contribution in [0.3, 0.4) is 0 Å². The van der Waals surface area contributed by atoms with Gasteiger partial charge in [-0.05, 0) is 30.7 Å². The van der Waals surface area contributed by atoms with Crippen LogP contribution in [0, 0.1) is 15.9 Å². The molecule has 0 spiro atoms. The lowest BCUT2D eigenvalue weighted by atomic mass is 10.1. The van der Waals surface area contributed by atoms with Crippen molar-refractivity contribution in [3.63, 3.8) is 0 Å². The van der Waals surface area contributed by atoms with Crippen molar-refractivity contribution < 1.29 is 14.1 Å². The number of carbonyl (C=O) groups is 1. The molecule has 0 bridgehead atoms. The Morgan fingerprint density at radius 2 is 1.95 bits per heavy atom. The number of hydrogen-bond donors (Lipinski definition) is 0. The summed E-state index contributed by atoms with van der Waals surface area (Å²) in [6, 6.07) is 11.6. The van der Waals surface area contributed by atoms with Gasteiger partial charge < -0.3 is 4.90 Å². The second kappa shape index (κ2) is 6.80. The summed E-state index contributed by atoms with van der Waals surface area (Å²) < 4.78 is 13.2. The van der Waals surface area contributed by atoms with E-state index >= 15 is 0 Å². The molecular weight excluding hydrogens is 287 g/mol. The zero-order valence-corrected chi connectivity index (χ0v) is 12.0. The Bertz CT molecular complexity index is 703. The predicted molar refractivity (Wildman–Crippen MR) is 79.9 cm³/mol. The van der Waals surface area contributed by atoms with E-state index in [-0.39, 0.29) is 29.5 Å². The lowest BCUT2D eigenvalue weighted by Crippen LogP contribution is -2.30. The SMILES string of the molecule is CCN(Cc1cccc(F)c1)C(=O)c1cccc([N+](=O)[O-])c1. The molecule has 0 atom stereocenters. The summed E-state index contributed by atoms with van der Waals surface area (Å²) >= 11 is 0. The lowest BCUT2D eigenvalue weighted by Gasteiger charge is -2.21. The Balaban J connectivity index is 2.21. The Kier molecular flexibility index (Phi) is 4.83. The van der Waals surface area contributed by atoms with Gasteiger partial charge in [0, 0.05) is 30.8 Å². The molecule has 2 aromatic rings. The lowest BCUT2D eigenvalue weighted by molar-refractivity contribution is -0.384. The molecule has 0 saturated carbocycles. The molecule has 0 N–H and O–H groups in total. The maximum absolute atomic E-state index is 13.2. The number of rotatable bonds is 5. The molecule has 22 heavy (non-hydrogen) atoms. The normalized spacial score (nSPS) is 10.3. The summed E-state index contributed by atoms with van der Waals surface area (Å²) in [6.07, 6.45) is 0. The number of carbonyl (C=O) groups excluding carboxylic acids is 1. The smallest absolute Gasteiger partial charge is 0.270 e. The van der Waals surface area contributed by atoms with Gasteiger partial charge >= 0.3 is 0 Å². The van der Waals surface area contributed by atoms with Crippen molar-refractivity contribution in [2.75, 3.05) is 6.54 Å². The zero-order chi connectivity index (χ0) is 16.1. The molecule has 2 rings (SSSR count). The van der Waals surface area contributed by atoms with E-state index in [1.54, 1.807) is 19.1 Å². The Morgan fingerprint density at radius 3 is 2.59 bits per heavy atom. The molecule has 0 unspecified atom stereocenters. The van der Waals surface area contributed by atoms with Crippen LogP contribution in [0.1, 0.15) is 22.8 Å². The second-order valence-electron chi connectivity index (χ2n) is 4.76. The predicted octanol–water partition coefficient (Wildman–Crippen LogP) is 3.40. The van der Waals surface area contributed by atoms with E-state index < -0.39 is 4.92 Å². The number of nitro benzene ring substituents is 1. The van der Waals surface area contributed by atoms with E-state index in [9.17, 15) is 19.3 Å². The molecule has 0 aliphatic heterocycles. The monoisotopic (exact) mass is 302 g/mol. The molecule has 1 amide bonds. The van der Waals surface area contributed by atoms with Crippen LogP contribution >= 0.6 is 0 Å². The molecule has 2 aromatic carbocycles. The molecule has 5 nitrogen and oxygen atoms in total. The summed E-state index contributed by atoms with van der Waals surface area (Å²) in [4.78, 5) is 24.2. The number of hydrogen-bond acceptors (Lipinski definition) is 3. The average Bonchev–Trinajstić information content (AvgIpc) is 2.52. The summed E-state index contributed by atoms with van der Waals surface area (Å²) in [5.74, 6) is -0.688. The molecule has 0 aliphatic carbocycles.